The van der Waals surface area contributed by atoms with Gasteiger partial charge in [-0.1, -0.05) is 26.7 Å². The van der Waals surface area contributed by atoms with Crippen LogP contribution >= 0.6 is 24.0 Å². The number of hydrogen-bond donors (Lipinski definition) is 2. The Morgan fingerprint density at radius 3 is 2.50 bits per heavy atom. The van der Waals surface area contributed by atoms with Gasteiger partial charge in [-0.3, -0.25) is 4.79 Å². The summed E-state index contributed by atoms with van der Waals surface area (Å²) in [5, 5.41) is 6.70. The van der Waals surface area contributed by atoms with E-state index in [4.69, 9.17) is 4.74 Å². The molecule has 0 aromatic rings. The Morgan fingerprint density at radius 1 is 1.25 bits per heavy atom. The molecule has 0 aromatic carbocycles. The number of aliphatic imine (C=N–C) groups is 1. The van der Waals surface area contributed by atoms with Crippen molar-refractivity contribution in [3.8, 4) is 0 Å². The summed E-state index contributed by atoms with van der Waals surface area (Å²) in [5.74, 6) is 1.39. The average molecular weight is 454 g/mol. The number of guanidine groups is 1. The number of nitrogens with zero attached hydrogens (tertiary/aromatic N) is 2. The maximum Gasteiger partial charge on any atom is 0.243 e. The minimum absolute atomic E-state index is 0. The van der Waals surface area contributed by atoms with Crippen LogP contribution in [0.25, 0.3) is 0 Å². The number of likely N-dealkylation sites (N-methyl/N-ethyl adjacent to an activating group) is 1. The Kier molecular flexibility index (Phi) is 13.4. The van der Waals surface area contributed by atoms with E-state index >= 15 is 0 Å². The van der Waals surface area contributed by atoms with Crippen molar-refractivity contribution in [1.82, 2.24) is 15.5 Å². The summed E-state index contributed by atoms with van der Waals surface area (Å²) in [5.41, 5.74) is 0. The molecule has 0 saturated heterocycles. The third-order valence-corrected chi connectivity index (χ3v) is 3.95. The van der Waals surface area contributed by atoms with E-state index < -0.39 is 0 Å². The monoisotopic (exact) mass is 454 g/mol. The highest BCUT2D eigenvalue weighted by Crippen LogP contribution is 2.17. The quantitative estimate of drug-likeness (QED) is 0.243. The maximum absolute atomic E-state index is 11.7. The molecule has 24 heavy (non-hydrogen) atoms. The largest absolute Gasteiger partial charge is 0.380 e. The smallest absolute Gasteiger partial charge is 0.243 e. The van der Waals surface area contributed by atoms with Crippen molar-refractivity contribution in [2.45, 2.75) is 52.0 Å². The van der Waals surface area contributed by atoms with Gasteiger partial charge in [0.1, 0.15) is 6.54 Å². The van der Waals surface area contributed by atoms with Gasteiger partial charge in [0.05, 0.1) is 6.61 Å². The van der Waals surface area contributed by atoms with Crippen LogP contribution in [0.1, 0.15) is 46.0 Å². The van der Waals surface area contributed by atoms with Gasteiger partial charge in [-0.05, 0) is 25.2 Å². The fourth-order valence-electron chi connectivity index (χ4n) is 2.37. The number of nitrogens with one attached hydrogen (secondary N) is 2. The molecular weight excluding hydrogens is 419 g/mol. The first-order chi connectivity index (χ1) is 11.0. The molecular formula is C17H35IN4O2. The van der Waals surface area contributed by atoms with E-state index in [1.165, 1.54) is 25.7 Å². The predicted molar refractivity (Wildman–Crippen MR) is 110 cm³/mol. The summed E-state index contributed by atoms with van der Waals surface area (Å²) in [6.45, 7) is 6.70. The molecule has 1 rings (SSSR count). The van der Waals surface area contributed by atoms with Gasteiger partial charge in [0.2, 0.25) is 5.91 Å². The highest BCUT2D eigenvalue weighted by atomic mass is 127. The molecule has 0 radical (unpaired) electrons. The highest BCUT2D eigenvalue weighted by Gasteiger charge is 2.16. The predicted octanol–water partition coefficient (Wildman–Crippen LogP) is 2.23. The lowest BCUT2D eigenvalue weighted by molar-refractivity contribution is -0.127. The van der Waals surface area contributed by atoms with Gasteiger partial charge >= 0.3 is 0 Å². The van der Waals surface area contributed by atoms with Crippen molar-refractivity contribution < 1.29 is 9.53 Å². The summed E-state index contributed by atoms with van der Waals surface area (Å²) in [6, 6.07) is 0.470. The van der Waals surface area contributed by atoms with Crippen LogP contribution < -0.4 is 10.6 Å². The van der Waals surface area contributed by atoms with E-state index in [1.54, 1.807) is 19.0 Å². The minimum atomic E-state index is 0. The lowest BCUT2D eigenvalue weighted by atomic mass is 10.1. The Balaban J connectivity index is 0.00000529. The second-order valence-electron chi connectivity index (χ2n) is 6.80. The molecule has 0 unspecified atom stereocenters. The van der Waals surface area contributed by atoms with Crippen LogP contribution in [0, 0.1) is 5.92 Å². The zero-order valence-corrected chi connectivity index (χ0v) is 18.0. The van der Waals surface area contributed by atoms with E-state index in [0.717, 1.165) is 19.0 Å². The Bertz CT molecular complexity index is 370. The molecule has 1 aliphatic rings. The van der Waals surface area contributed by atoms with Crippen LogP contribution in [0.2, 0.25) is 0 Å². The number of carbonyl (C=O) groups excluding carboxylic acids is 1. The number of amides is 1. The van der Waals surface area contributed by atoms with Crippen molar-refractivity contribution in [3.63, 3.8) is 0 Å². The molecule has 0 bridgehead atoms. The zero-order chi connectivity index (χ0) is 17.1. The fourth-order valence-corrected chi connectivity index (χ4v) is 2.37. The molecule has 0 aromatic heterocycles. The fraction of sp³-hybridized carbons (Fsp3) is 0.882. The number of ether oxygens (including phenoxy) is 1. The van der Waals surface area contributed by atoms with E-state index in [-0.39, 0.29) is 36.4 Å². The van der Waals surface area contributed by atoms with Gasteiger partial charge < -0.3 is 20.3 Å². The molecule has 0 heterocycles. The average Bonchev–Trinajstić information content (AvgIpc) is 3.00. The lowest BCUT2D eigenvalue weighted by Crippen LogP contribution is -2.44. The third kappa shape index (κ3) is 11.1. The SMILES string of the molecule is CC(C)CCOCCNC(=NCC(=O)N(C)C)NC1CCCC1.I. The van der Waals surface area contributed by atoms with Gasteiger partial charge in [0.15, 0.2) is 5.96 Å². The van der Waals surface area contributed by atoms with Gasteiger partial charge in [0, 0.05) is 33.3 Å². The Hall–Kier alpha value is -0.570. The first-order valence-electron chi connectivity index (χ1n) is 8.81. The molecule has 1 saturated carbocycles. The second-order valence-corrected chi connectivity index (χ2v) is 6.80. The van der Waals surface area contributed by atoms with Crippen molar-refractivity contribution in [2.75, 3.05) is 40.4 Å². The summed E-state index contributed by atoms with van der Waals surface area (Å²) in [7, 11) is 3.50. The second kappa shape index (κ2) is 13.7. The molecule has 7 heteroatoms. The maximum atomic E-state index is 11.7. The van der Waals surface area contributed by atoms with Crippen molar-refractivity contribution >= 4 is 35.8 Å². The summed E-state index contributed by atoms with van der Waals surface area (Å²) in [4.78, 5) is 17.7. The van der Waals surface area contributed by atoms with Gasteiger partial charge in [-0.25, -0.2) is 4.99 Å². The zero-order valence-electron chi connectivity index (χ0n) is 15.6. The lowest BCUT2D eigenvalue weighted by Gasteiger charge is -2.18. The molecule has 0 aliphatic heterocycles. The first kappa shape index (κ1) is 23.4. The van der Waals surface area contributed by atoms with Crippen LogP contribution in [-0.2, 0) is 9.53 Å². The molecule has 2 N–H and O–H groups in total. The summed E-state index contributed by atoms with van der Waals surface area (Å²) >= 11 is 0. The Morgan fingerprint density at radius 2 is 1.92 bits per heavy atom. The number of rotatable bonds is 9. The highest BCUT2D eigenvalue weighted by molar-refractivity contribution is 14.0. The standard InChI is InChI=1S/C17H34N4O2.HI/c1-14(2)9-11-23-12-10-18-17(19-13-16(22)21(3)4)20-15-7-5-6-8-15;/h14-15H,5-13H2,1-4H3,(H2,18,19,20);1H. The molecule has 0 spiro atoms. The number of hydrogen-bond acceptors (Lipinski definition) is 3. The van der Waals surface area contributed by atoms with Crippen LogP contribution in [-0.4, -0.2) is 63.2 Å². The minimum Gasteiger partial charge on any atom is -0.380 e. The van der Waals surface area contributed by atoms with Crippen molar-refractivity contribution in [2.24, 2.45) is 10.9 Å². The normalized spacial score (nSPS) is 15.3. The van der Waals surface area contributed by atoms with Crippen molar-refractivity contribution in [3.05, 3.63) is 0 Å². The third-order valence-electron chi connectivity index (χ3n) is 3.95. The van der Waals surface area contributed by atoms with E-state index in [0.29, 0.717) is 25.1 Å². The molecule has 0 atom stereocenters. The number of carbonyl (C=O) groups is 1. The topological polar surface area (TPSA) is 66.0 Å². The number of halogens is 1. The Labute approximate surface area is 164 Å². The van der Waals surface area contributed by atoms with Gasteiger partial charge in [0.25, 0.3) is 0 Å². The van der Waals surface area contributed by atoms with E-state index in [1.807, 2.05) is 0 Å². The molecule has 6 nitrogen and oxygen atoms in total. The molecule has 1 aliphatic carbocycles. The van der Waals surface area contributed by atoms with Crippen LogP contribution in [0.3, 0.4) is 0 Å². The van der Waals surface area contributed by atoms with E-state index in [2.05, 4.69) is 29.5 Å². The van der Waals surface area contributed by atoms with Gasteiger partial charge in [-0.15, -0.1) is 24.0 Å². The molecule has 1 amide bonds. The van der Waals surface area contributed by atoms with Crippen LogP contribution in [0.15, 0.2) is 4.99 Å². The molecule has 142 valence electrons. The van der Waals surface area contributed by atoms with Crippen LogP contribution in [0.4, 0.5) is 0 Å². The van der Waals surface area contributed by atoms with Crippen molar-refractivity contribution in [1.29, 1.82) is 0 Å². The van der Waals surface area contributed by atoms with Gasteiger partial charge in [-0.2, -0.15) is 0 Å². The summed E-state index contributed by atoms with van der Waals surface area (Å²) < 4.78 is 5.61. The summed E-state index contributed by atoms with van der Waals surface area (Å²) in [6.07, 6.45) is 5.96. The van der Waals surface area contributed by atoms with E-state index in [9.17, 15) is 4.79 Å². The van der Waals surface area contributed by atoms with Crippen LogP contribution in [0.5, 0.6) is 0 Å². The first-order valence-corrected chi connectivity index (χ1v) is 8.81. The molecule has 1 fully saturated rings.